The van der Waals surface area contributed by atoms with Gasteiger partial charge in [0, 0.05) is 11.4 Å². The zero-order chi connectivity index (χ0) is 18.7. The molecule has 0 bridgehead atoms. The van der Waals surface area contributed by atoms with E-state index in [-0.39, 0.29) is 11.4 Å². The summed E-state index contributed by atoms with van der Waals surface area (Å²) in [5.74, 6) is 2.33. The molecule has 1 saturated carbocycles. The summed E-state index contributed by atoms with van der Waals surface area (Å²) in [6.45, 7) is 7.94. The molecule has 4 heteroatoms. The van der Waals surface area contributed by atoms with Gasteiger partial charge in [-0.05, 0) is 72.5 Å². The van der Waals surface area contributed by atoms with E-state index in [4.69, 9.17) is 0 Å². The first-order valence-electron chi connectivity index (χ1n) is 9.39. The Morgan fingerprint density at radius 2 is 1.54 bits per heavy atom. The van der Waals surface area contributed by atoms with Gasteiger partial charge in [0.25, 0.3) is 0 Å². The molecule has 0 saturated heterocycles. The average molecular weight is 373 g/mol. The zero-order valence-electron chi connectivity index (χ0n) is 16.0. The van der Waals surface area contributed by atoms with E-state index in [0.29, 0.717) is 17.8 Å². The molecule has 3 rings (SSSR count). The van der Waals surface area contributed by atoms with Gasteiger partial charge in [-0.3, -0.25) is 0 Å². The minimum absolute atomic E-state index is 0.180. The Morgan fingerprint density at radius 1 is 0.923 bits per heavy atom. The Kier molecular flexibility index (Phi) is 6.06. The maximum atomic E-state index is 13.2. The van der Waals surface area contributed by atoms with Crippen molar-refractivity contribution < 1.29 is 4.39 Å². The van der Waals surface area contributed by atoms with Crippen molar-refractivity contribution in [3.8, 4) is 0 Å². The van der Waals surface area contributed by atoms with Crippen molar-refractivity contribution >= 4 is 11.9 Å². The molecule has 0 spiro atoms. The van der Waals surface area contributed by atoms with Gasteiger partial charge in [-0.15, -0.1) is 0 Å². The molecule has 26 heavy (non-hydrogen) atoms. The van der Waals surface area contributed by atoms with Crippen LogP contribution in [0.2, 0.25) is 0 Å². The van der Waals surface area contributed by atoms with Gasteiger partial charge in [-0.2, -0.15) is 0 Å². The molecule has 1 aliphatic carbocycles. The number of hydrogen-bond acceptors (Lipinski definition) is 3. The van der Waals surface area contributed by atoms with Crippen LogP contribution in [0.25, 0.3) is 0 Å². The van der Waals surface area contributed by atoms with Gasteiger partial charge in [-0.25, -0.2) is 9.11 Å². The predicted molar refractivity (Wildman–Crippen MR) is 108 cm³/mol. The zero-order valence-corrected chi connectivity index (χ0v) is 16.8. The molecule has 140 valence electrons. The Balaban J connectivity index is 1.95. The monoisotopic (exact) mass is 372 g/mol. The highest BCUT2D eigenvalue weighted by Crippen LogP contribution is 2.54. The van der Waals surface area contributed by atoms with Crippen molar-refractivity contribution in [2.45, 2.75) is 31.2 Å². The van der Waals surface area contributed by atoms with E-state index in [1.165, 1.54) is 17.7 Å². The van der Waals surface area contributed by atoms with E-state index >= 15 is 0 Å². The summed E-state index contributed by atoms with van der Waals surface area (Å²) in [6.07, 6.45) is 0. The fourth-order valence-corrected chi connectivity index (χ4v) is 5.50. The van der Waals surface area contributed by atoms with Crippen LogP contribution in [-0.4, -0.2) is 13.6 Å². The second-order valence-electron chi connectivity index (χ2n) is 7.63. The van der Waals surface area contributed by atoms with E-state index in [1.54, 1.807) is 11.9 Å². The molecule has 2 N–H and O–H groups in total. The SMILES string of the molecule is CNCC(NSc1ccc(F)cc1)(c1ccccc1)C1C(C)C(C)C1C. The topological polar surface area (TPSA) is 24.1 Å². The van der Waals surface area contributed by atoms with Crippen LogP contribution < -0.4 is 10.0 Å². The highest BCUT2D eigenvalue weighted by Gasteiger charge is 2.54. The molecular formula is C22H29FN2S. The lowest BCUT2D eigenvalue weighted by molar-refractivity contribution is -0.0485. The van der Waals surface area contributed by atoms with E-state index in [0.717, 1.165) is 17.4 Å². The number of hydrogen-bond donors (Lipinski definition) is 2. The molecule has 0 heterocycles. The Morgan fingerprint density at radius 3 is 2.12 bits per heavy atom. The largest absolute Gasteiger partial charge is 0.318 e. The number of likely N-dealkylation sites (N-methyl/N-ethyl adjacent to an activating group) is 1. The summed E-state index contributed by atoms with van der Waals surface area (Å²) >= 11 is 1.60. The summed E-state index contributed by atoms with van der Waals surface area (Å²) in [4.78, 5) is 1.02. The maximum Gasteiger partial charge on any atom is 0.123 e. The van der Waals surface area contributed by atoms with Crippen LogP contribution >= 0.6 is 11.9 Å². The Bertz CT molecular complexity index is 696. The highest BCUT2D eigenvalue weighted by molar-refractivity contribution is 7.97. The van der Waals surface area contributed by atoms with Crippen LogP contribution in [0.5, 0.6) is 0 Å². The number of benzene rings is 2. The van der Waals surface area contributed by atoms with Crippen molar-refractivity contribution in [1.82, 2.24) is 10.0 Å². The van der Waals surface area contributed by atoms with Crippen LogP contribution in [-0.2, 0) is 5.54 Å². The minimum atomic E-state index is -0.200. The first kappa shape index (κ1) is 19.4. The average Bonchev–Trinajstić information content (AvgIpc) is 2.68. The lowest BCUT2D eigenvalue weighted by atomic mass is 9.51. The minimum Gasteiger partial charge on any atom is -0.318 e. The normalized spacial score (nSPS) is 27.6. The summed E-state index contributed by atoms with van der Waals surface area (Å²) in [5.41, 5.74) is 1.12. The van der Waals surface area contributed by atoms with Crippen molar-refractivity contribution in [1.29, 1.82) is 0 Å². The summed E-state index contributed by atoms with van der Waals surface area (Å²) in [5, 5.41) is 3.42. The van der Waals surface area contributed by atoms with E-state index < -0.39 is 0 Å². The number of halogens is 1. The summed E-state index contributed by atoms with van der Waals surface area (Å²) < 4.78 is 17.0. The molecule has 3 unspecified atom stereocenters. The molecule has 2 aromatic carbocycles. The summed E-state index contributed by atoms with van der Waals surface area (Å²) in [6, 6.07) is 17.4. The van der Waals surface area contributed by atoms with Gasteiger partial charge >= 0.3 is 0 Å². The quantitative estimate of drug-likeness (QED) is 0.663. The van der Waals surface area contributed by atoms with Crippen LogP contribution in [0, 0.1) is 29.5 Å². The molecule has 1 fully saturated rings. The molecule has 2 nitrogen and oxygen atoms in total. The first-order chi connectivity index (χ1) is 12.5. The number of rotatable bonds is 7. The van der Waals surface area contributed by atoms with E-state index in [1.807, 2.05) is 19.2 Å². The fourth-order valence-electron chi connectivity index (χ4n) is 4.61. The molecule has 2 aromatic rings. The van der Waals surface area contributed by atoms with Gasteiger partial charge in [-0.1, -0.05) is 51.1 Å². The van der Waals surface area contributed by atoms with Crippen molar-refractivity contribution in [3.05, 3.63) is 66.0 Å². The third-order valence-electron chi connectivity index (χ3n) is 6.27. The van der Waals surface area contributed by atoms with Crippen molar-refractivity contribution in [2.75, 3.05) is 13.6 Å². The maximum absolute atomic E-state index is 13.2. The van der Waals surface area contributed by atoms with Gasteiger partial charge < -0.3 is 5.32 Å². The van der Waals surface area contributed by atoms with Crippen molar-refractivity contribution in [3.63, 3.8) is 0 Å². The highest BCUT2D eigenvalue weighted by atomic mass is 32.2. The van der Waals surface area contributed by atoms with Crippen LogP contribution in [0.1, 0.15) is 26.3 Å². The lowest BCUT2D eigenvalue weighted by Crippen LogP contribution is -2.62. The molecule has 1 aliphatic rings. The van der Waals surface area contributed by atoms with Crippen LogP contribution in [0.3, 0.4) is 0 Å². The third-order valence-corrected chi connectivity index (χ3v) is 7.24. The lowest BCUT2D eigenvalue weighted by Gasteiger charge is -2.57. The molecular weight excluding hydrogens is 343 g/mol. The number of nitrogens with one attached hydrogen (secondary N) is 2. The molecule has 0 aromatic heterocycles. The Hall–Kier alpha value is -1.36. The van der Waals surface area contributed by atoms with Crippen LogP contribution in [0.15, 0.2) is 59.5 Å². The second kappa shape index (κ2) is 8.12. The van der Waals surface area contributed by atoms with E-state index in [2.05, 4.69) is 61.1 Å². The molecule has 3 atom stereocenters. The Labute approximate surface area is 161 Å². The predicted octanol–water partition coefficient (Wildman–Crippen LogP) is 5.08. The fraction of sp³-hybridized carbons (Fsp3) is 0.455. The van der Waals surface area contributed by atoms with Gasteiger partial charge in [0.2, 0.25) is 0 Å². The molecule has 0 amide bonds. The van der Waals surface area contributed by atoms with Gasteiger partial charge in [0.1, 0.15) is 5.82 Å². The first-order valence-corrected chi connectivity index (χ1v) is 10.2. The van der Waals surface area contributed by atoms with Gasteiger partial charge in [0.15, 0.2) is 0 Å². The summed E-state index contributed by atoms with van der Waals surface area (Å²) in [7, 11) is 2.01. The third kappa shape index (κ3) is 3.55. The molecule has 0 radical (unpaired) electrons. The van der Waals surface area contributed by atoms with Crippen LogP contribution in [0.4, 0.5) is 4.39 Å². The molecule has 0 aliphatic heterocycles. The second-order valence-corrected chi connectivity index (χ2v) is 8.51. The van der Waals surface area contributed by atoms with Crippen molar-refractivity contribution in [2.24, 2.45) is 23.7 Å². The van der Waals surface area contributed by atoms with Gasteiger partial charge in [0.05, 0.1) is 5.54 Å². The standard InChI is InChI=1S/C22H29FN2S/c1-15-16(2)21(17(15)3)22(14-24-4,18-8-6-5-7-9-18)25-26-20-12-10-19(23)11-13-20/h5-13,15-17,21,24-25H,14H2,1-4H3. The smallest absolute Gasteiger partial charge is 0.123 e. The van der Waals surface area contributed by atoms with E-state index in [9.17, 15) is 4.39 Å².